The zero-order valence-corrected chi connectivity index (χ0v) is 25.4. The molecule has 0 heterocycles. The van der Waals surface area contributed by atoms with Crippen LogP contribution in [0.2, 0.25) is 0 Å². The van der Waals surface area contributed by atoms with Crippen LogP contribution < -0.4 is 11.1 Å². The molecular formula is C42H38N2. The summed E-state index contributed by atoms with van der Waals surface area (Å²) in [7, 11) is 0. The van der Waals surface area contributed by atoms with Gasteiger partial charge in [0.15, 0.2) is 0 Å². The second-order valence-corrected chi connectivity index (χ2v) is 11.0. The Hall–Kier alpha value is -5.34. The molecule has 0 aliphatic carbocycles. The van der Waals surface area contributed by atoms with E-state index in [1.807, 2.05) is 24.3 Å². The van der Waals surface area contributed by atoms with E-state index >= 15 is 0 Å². The van der Waals surface area contributed by atoms with Gasteiger partial charge in [-0.15, -0.1) is 0 Å². The lowest BCUT2D eigenvalue weighted by Crippen LogP contribution is -1.96. The maximum Gasteiger partial charge on any atom is 0.0617 e. The van der Waals surface area contributed by atoms with Gasteiger partial charge in [0, 0.05) is 5.69 Å². The van der Waals surface area contributed by atoms with Crippen LogP contribution in [0.4, 0.5) is 17.1 Å². The number of nitrogens with two attached hydrogens (primary N) is 1. The monoisotopic (exact) mass is 570 g/mol. The molecule has 0 atom stereocenters. The van der Waals surface area contributed by atoms with Gasteiger partial charge in [-0.1, -0.05) is 154 Å². The molecule has 2 heteroatoms. The molecule has 0 amide bonds. The summed E-state index contributed by atoms with van der Waals surface area (Å²) >= 11 is 0. The van der Waals surface area contributed by atoms with Crippen LogP contribution in [0.5, 0.6) is 0 Å². The van der Waals surface area contributed by atoms with Crippen LogP contribution in [0.25, 0.3) is 54.9 Å². The van der Waals surface area contributed by atoms with E-state index in [0.717, 1.165) is 17.1 Å². The van der Waals surface area contributed by atoms with Crippen molar-refractivity contribution in [3.05, 3.63) is 152 Å². The standard InChI is InChI=1S/C38H28N2.C4H10/c39-35-20-10-11-21-36(35)40-28-24-22-27(23-25-28)37-31-16-6-8-18-33(31)38(34-19-9-7-17-32(34)37)30-15-5-4-14-29(30)26-12-2-1-3-13-26;1-3-4-2/h1-25,40H,39H2;3-4H2,1-2H3. The molecule has 0 radical (unpaired) electrons. The van der Waals surface area contributed by atoms with Gasteiger partial charge >= 0.3 is 0 Å². The van der Waals surface area contributed by atoms with Crippen LogP contribution >= 0.6 is 0 Å². The second-order valence-electron chi connectivity index (χ2n) is 11.0. The minimum atomic E-state index is 0.731. The van der Waals surface area contributed by atoms with E-state index < -0.39 is 0 Å². The van der Waals surface area contributed by atoms with Crippen molar-refractivity contribution in [2.45, 2.75) is 26.7 Å². The molecule has 0 bridgehead atoms. The van der Waals surface area contributed by atoms with E-state index in [1.54, 1.807) is 0 Å². The van der Waals surface area contributed by atoms with Crippen molar-refractivity contribution in [1.29, 1.82) is 0 Å². The Balaban J connectivity index is 0.000000810. The summed E-state index contributed by atoms with van der Waals surface area (Å²) in [6.07, 6.45) is 2.64. The van der Waals surface area contributed by atoms with Crippen molar-refractivity contribution < 1.29 is 0 Å². The van der Waals surface area contributed by atoms with Gasteiger partial charge in [-0.2, -0.15) is 0 Å². The van der Waals surface area contributed by atoms with E-state index in [0.29, 0.717) is 0 Å². The van der Waals surface area contributed by atoms with Gasteiger partial charge in [0.25, 0.3) is 0 Å². The lowest BCUT2D eigenvalue weighted by molar-refractivity contribution is 0.886. The molecule has 44 heavy (non-hydrogen) atoms. The molecule has 0 aliphatic rings. The Kier molecular flexibility index (Phi) is 8.70. The van der Waals surface area contributed by atoms with Gasteiger partial charge in [-0.25, -0.2) is 0 Å². The highest BCUT2D eigenvalue weighted by Crippen LogP contribution is 2.46. The number of hydrogen-bond donors (Lipinski definition) is 2. The normalized spacial score (nSPS) is 10.8. The van der Waals surface area contributed by atoms with Gasteiger partial charge < -0.3 is 11.1 Å². The molecule has 0 aliphatic heterocycles. The van der Waals surface area contributed by atoms with Gasteiger partial charge in [0.2, 0.25) is 0 Å². The average Bonchev–Trinajstić information content (AvgIpc) is 3.09. The number of hydrogen-bond acceptors (Lipinski definition) is 2. The predicted molar refractivity (Wildman–Crippen MR) is 192 cm³/mol. The van der Waals surface area contributed by atoms with E-state index in [4.69, 9.17) is 5.73 Å². The first-order valence-corrected chi connectivity index (χ1v) is 15.5. The number of benzene rings is 7. The first-order chi connectivity index (χ1) is 21.7. The molecule has 7 aromatic carbocycles. The van der Waals surface area contributed by atoms with Gasteiger partial charge in [-0.05, 0) is 79.2 Å². The minimum Gasteiger partial charge on any atom is -0.397 e. The molecule has 216 valence electrons. The summed E-state index contributed by atoms with van der Waals surface area (Å²) in [5.74, 6) is 0. The van der Waals surface area contributed by atoms with Crippen molar-refractivity contribution >= 4 is 38.6 Å². The van der Waals surface area contributed by atoms with E-state index in [-0.39, 0.29) is 0 Å². The van der Waals surface area contributed by atoms with Crippen LogP contribution in [0.1, 0.15) is 26.7 Å². The van der Waals surface area contributed by atoms with Gasteiger partial charge in [0.1, 0.15) is 0 Å². The maximum atomic E-state index is 6.16. The number of anilines is 3. The van der Waals surface area contributed by atoms with Crippen LogP contribution in [0.3, 0.4) is 0 Å². The van der Waals surface area contributed by atoms with E-state index in [9.17, 15) is 0 Å². The molecule has 7 rings (SSSR count). The topological polar surface area (TPSA) is 38.0 Å². The van der Waals surface area contributed by atoms with E-state index in [2.05, 4.69) is 147 Å². The highest BCUT2D eigenvalue weighted by Gasteiger charge is 2.18. The van der Waals surface area contributed by atoms with Crippen molar-refractivity contribution in [3.63, 3.8) is 0 Å². The number of para-hydroxylation sites is 2. The lowest BCUT2D eigenvalue weighted by Gasteiger charge is -2.20. The molecule has 0 fully saturated rings. The molecular weight excluding hydrogens is 532 g/mol. The fourth-order valence-electron chi connectivity index (χ4n) is 5.79. The van der Waals surface area contributed by atoms with Gasteiger partial charge in [-0.3, -0.25) is 0 Å². The third-order valence-corrected chi connectivity index (χ3v) is 8.13. The van der Waals surface area contributed by atoms with Crippen molar-refractivity contribution in [1.82, 2.24) is 0 Å². The Morgan fingerprint density at radius 3 is 1.48 bits per heavy atom. The predicted octanol–water partition coefficient (Wildman–Crippen LogP) is 12.1. The Morgan fingerprint density at radius 1 is 0.432 bits per heavy atom. The largest absolute Gasteiger partial charge is 0.397 e. The van der Waals surface area contributed by atoms with Crippen molar-refractivity contribution in [3.8, 4) is 33.4 Å². The molecule has 2 nitrogen and oxygen atoms in total. The Labute approximate surface area is 260 Å². The molecule has 0 saturated carbocycles. The van der Waals surface area contributed by atoms with Crippen LogP contribution in [0.15, 0.2) is 152 Å². The fraction of sp³-hybridized carbons (Fsp3) is 0.0952. The van der Waals surface area contributed by atoms with Crippen LogP contribution in [-0.4, -0.2) is 0 Å². The zero-order chi connectivity index (χ0) is 30.3. The summed E-state index contributed by atoms with van der Waals surface area (Å²) < 4.78 is 0. The third kappa shape index (κ3) is 5.80. The molecule has 7 aromatic rings. The Bertz CT molecular complexity index is 1950. The van der Waals surface area contributed by atoms with Crippen molar-refractivity contribution in [2.75, 3.05) is 11.1 Å². The lowest BCUT2D eigenvalue weighted by atomic mass is 9.84. The molecule has 0 spiro atoms. The number of nitrogen functional groups attached to an aromatic ring is 1. The summed E-state index contributed by atoms with van der Waals surface area (Å²) in [6, 6.07) is 53.5. The smallest absolute Gasteiger partial charge is 0.0617 e. The molecule has 0 aromatic heterocycles. The van der Waals surface area contributed by atoms with Crippen LogP contribution in [0, 0.1) is 0 Å². The van der Waals surface area contributed by atoms with Crippen molar-refractivity contribution in [2.24, 2.45) is 0 Å². The zero-order valence-electron chi connectivity index (χ0n) is 25.4. The van der Waals surface area contributed by atoms with Crippen LogP contribution in [-0.2, 0) is 0 Å². The maximum absolute atomic E-state index is 6.16. The van der Waals surface area contributed by atoms with E-state index in [1.165, 1.54) is 67.8 Å². The summed E-state index contributed by atoms with van der Waals surface area (Å²) in [4.78, 5) is 0. The summed E-state index contributed by atoms with van der Waals surface area (Å²) in [5.41, 5.74) is 16.2. The number of rotatable bonds is 6. The highest BCUT2D eigenvalue weighted by molar-refractivity contribution is 6.22. The first kappa shape index (κ1) is 28.8. The first-order valence-electron chi connectivity index (χ1n) is 15.5. The number of nitrogens with one attached hydrogen (secondary N) is 1. The fourth-order valence-corrected chi connectivity index (χ4v) is 5.79. The highest BCUT2D eigenvalue weighted by atomic mass is 14.9. The molecule has 0 unspecified atom stereocenters. The quantitative estimate of drug-likeness (QED) is 0.154. The SMILES string of the molecule is CCCC.Nc1ccccc1Nc1ccc(-c2c3ccccc3c(-c3ccccc3-c3ccccc3)c3ccccc23)cc1. The third-order valence-electron chi connectivity index (χ3n) is 8.13. The number of fused-ring (bicyclic) bond motifs is 2. The minimum absolute atomic E-state index is 0.731. The molecule has 0 saturated heterocycles. The number of unbranched alkanes of at least 4 members (excludes halogenated alkanes) is 1. The second kappa shape index (κ2) is 13.3. The van der Waals surface area contributed by atoms with Gasteiger partial charge in [0.05, 0.1) is 11.4 Å². The Morgan fingerprint density at radius 2 is 0.909 bits per heavy atom. The average molecular weight is 571 g/mol. The summed E-state index contributed by atoms with van der Waals surface area (Å²) in [6.45, 7) is 4.36. The molecule has 3 N–H and O–H groups in total. The summed E-state index contributed by atoms with van der Waals surface area (Å²) in [5, 5.41) is 8.44.